The van der Waals surface area contributed by atoms with Gasteiger partial charge in [-0.2, -0.15) is 0 Å². The third-order valence-electron chi connectivity index (χ3n) is 2.81. The van der Waals surface area contributed by atoms with E-state index in [2.05, 4.69) is 4.98 Å². The number of pyridine rings is 1. The molecule has 0 radical (unpaired) electrons. The van der Waals surface area contributed by atoms with Gasteiger partial charge >= 0.3 is 5.97 Å². The Morgan fingerprint density at radius 2 is 2.18 bits per heavy atom. The van der Waals surface area contributed by atoms with Crippen LogP contribution >= 0.6 is 0 Å². The Bertz CT molecular complexity index is 352. The van der Waals surface area contributed by atoms with Crippen LogP contribution in [-0.4, -0.2) is 40.6 Å². The number of likely N-dealkylation sites (N-methyl/N-ethyl adjacent to an activating group) is 1. The Hall–Kier alpha value is -1.42. The van der Waals surface area contributed by atoms with Crippen LogP contribution in [0.4, 0.5) is 0 Å². The number of rotatable bonds is 6. The smallest absolute Gasteiger partial charge is 0.321 e. The normalized spacial score (nSPS) is 13.0. The second kappa shape index (κ2) is 6.35. The van der Waals surface area contributed by atoms with Gasteiger partial charge in [-0.05, 0) is 25.1 Å². The number of carboxylic acid groups (broad SMARTS) is 1. The van der Waals surface area contributed by atoms with Gasteiger partial charge in [-0.15, -0.1) is 0 Å². The van der Waals surface area contributed by atoms with Gasteiger partial charge in [0.2, 0.25) is 0 Å². The SMILES string of the molecule is CC(C)C(C(=O)O)N(C)CCc1ccccn1. The Morgan fingerprint density at radius 1 is 1.47 bits per heavy atom. The summed E-state index contributed by atoms with van der Waals surface area (Å²) < 4.78 is 0. The van der Waals surface area contributed by atoms with E-state index in [0.717, 1.165) is 12.1 Å². The Morgan fingerprint density at radius 3 is 2.65 bits per heavy atom. The van der Waals surface area contributed by atoms with Crippen LogP contribution < -0.4 is 0 Å². The molecule has 4 heteroatoms. The predicted molar refractivity (Wildman–Crippen MR) is 66.8 cm³/mol. The number of hydrogen-bond donors (Lipinski definition) is 1. The van der Waals surface area contributed by atoms with Gasteiger partial charge in [-0.1, -0.05) is 19.9 Å². The zero-order valence-corrected chi connectivity index (χ0v) is 10.6. The van der Waals surface area contributed by atoms with E-state index in [9.17, 15) is 4.79 Å². The first-order valence-corrected chi connectivity index (χ1v) is 5.85. The van der Waals surface area contributed by atoms with Gasteiger partial charge in [0.25, 0.3) is 0 Å². The molecule has 94 valence electrons. The molecule has 0 saturated heterocycles. The van der Waals surface area contributed by atoms with Crippen molar-refractivity contribution in [3.63, 3.8) is 0 Å². The number of aliphatic carboxylic acids is 1. The van der Waals surface area contributed by atoms with Crippen molar-refractivity contribution >= 4 is 5.97 Å². The number of hydrogen-bond acceptors (Lipinski definition) is 3. The van der Waals surface area contributed by atoms with E-state index in [1.54, 1.807) is 6.20 Å². The van der Waals surface area contributed by atoms with E-state index < -0.39 is 12.0 Å². The third-order valence-corrected chi connectivity index (χ3v) is 2.81. The Balaban J connectivity index is 2.53. The Labute approximate surface area is 102 Å². The summed E-state index contributed by atoms with van der Waals surface area (Å²) in [5, 5.41) is 9.15. The minimum absolute atomic E-state index is 0.0984. The maximum atomic E-state index is 11.1. The van der Waals surface area contributed by atoms with E-state index in [1.165, 1.54) is 0 Å². The molecule has 1 atom stereocenters. The van der Waals surface area contributed by atoms with Crippen molar-refractivity contribution in [1.82, 2.24) is 9.88 Å². The zero-order chi connectivity index (χ0) is 12.8. The molecule has 1 N–H and O–H groups in total. The van der Waals surface area contributed by atoms with Crippen molar-refractivity contribution in [2.45, 2.75) is 26.3 Å². The fourth-order valence-corrected chi connectivity index (χ4v) is 1.96. The molecule has 0 aliphatic heterocycles. The zero-order valence-electron chi connectivity index (χ0n) is 10.6. The summed E-state index contributed by atoms with van der Waals surface area (Å²) in [4.78, 5) is 17.2. The second-order valence-electron chi connectivity index (χ2n) is 4.58. The van der Waals surface area contributed by atoms with Crippen LogP contribution in [0.5, 0.6) is 0 Å². The van der Waals surface area contributed by atoms with Gasteiger partial charge < -0.3 is 5.11 Å². The molecule has 0 bridgehead atoms. The maximum Gasteiger partial charge on any atom is 0.321 e. The molecule has 17 heavy (non-hydrogen) atoms. The molecule has 1 aromatic rings. The standard InChI is InChI=1S/C13H20N2O2/c1-10(2)12(13(16)17)15(3)9-7-11-6-4-5-8-14-11/h4-6,8,10,12H,7,9H2,1-3H3,(H,16,17). The van der Waals surface area contributed by atoms with Crippen molar-refractivity contribution in [2.75, 3.05) is 13.6 Å². The van der Waals surface area contributed by atoms with Crippen molar-refractivity contribution < 1.29 is 9.90 Å². The molecule has 4 nitrogen and oxygen atoms in total. The van der Waals surface area contributed by atoms with E-state index in [1.807, 2.05) is 44.0 Å². The van der Waals surface area contributed by atoms with Gasteiger partial charge in [0.1, 0.15) is 6.04 Å². The second-order valence-corrected chi connectivity index (χ2v) is 4.58. The lowest BCUT2D eigenvalue weighted by Gasteiger charge is -2.27. The fourth-order valence-electron chi connectivity index (χ4n) is 1.96. The summed E-state index contributed by atoms with van der Waals surface area (Å²) in [6.45, 7) is 4.55. The van der Waals surface area contributed by atoms with Crippen LogP contribution in [0.25, 0.3) is 0 Å². The summed E-state index contributed by atoms with van der Waals surface area (Å²) in [6, 6.07) is 5.35. The fraction of sp³-hybridized carbons (Fsp3) is 0.538. The summed E-state index contributed by atoms with van der Waals surface area (Å²) >= 11 is 0. The molecule has 1 unspecified atom stereocenters. The molecule has 1 rings (SSSR count). The monoisotopic (exact) mass is 236 g/mol. The average Bonchev–Trinajstić information content (AvgIpc) is 2.27. The Kier molecular flexibility index (Phi) is 5.10. The first-order chi connectivity index (χ1) is 8.02. The summed E-state index contributed by atoms with van der Waals surface area (Å²) in [5.41, 5.74) is 0.993. The molecule has 1 aromatic heterocycles. The van der Waals surface area contributed by atoms with E-state index >= 15 is 0 Å². The largest absolute Gasteiger partial charge is 0.480 e. The van der Waals surface area contributed by atoms with E-state index in [4.69, 9.17) is 5.11 Å². The topological polar surface area (TPSA) is 53.4 Å². The summed E-state index contributed by atoms with van der Waals surface area (Å²) in [6.07, 6.45) is 2.53. The highest BCUT2D eigenvalue weighted by molar-refractivity contribution is 5.73. The summed E-state index contributed by atoms with van der Waals surface area (Å²) in [5.74, 6) is -0.662. The van der Waals surface area contributed by atoms with Crippen molar-refractivity contribution in [3.8, 4) is 0 Å². The first-order valence-electron chi connectivity index (χ1n) is 5.85. The molecular formula is C13H20N2O2. The van der Waals surface area contributed by atoms with Crippen LogP contribution in [0.15, 0.2) is 24.4 Å². The van der Waals surface area contributed by atoms with Crippen LogP contribution in [0.3, 0.4) is 0 Å². The first kappa shape index (κ1) is 13.6. The molecule has 0 aliphatic carbocycles. The number of carboxylic acids is 1. The highest BCUT2D eigenvalue weighted by Crippen LogP contribution is 2.10. The lowest BCUT2D eigenvalue weighted by Crippen LogP contribution is -2.43. The average molecular weight is 236 g/mol. The lowest BCUT2D eigenvalue weighted by molar-refractivity contribution is -0.144. The van der Waals surface area contributed by atoms with E-state index in [0.29, 0.717) is 6.54 Å². The van der Waals surface area contributed by atoms with Crippen LogP contribution in [0, 0.1) is 5.92 Å². The highest BCUT2D eigenvalue weighted by atomic mass is 16.4. The van der Waals surface area contributed by atoms with E-state index in [-0.39, 0.29) is 5.92 Å². The molecule has 1 heterocycles. The number of aromatic nitrogens is 1. The maximum absolute atomic E-state index is 11.1. The number of carbonyl (C=O) groups is 1. The number of nitrogens with zero attached hydrogens (tertiary/aromatic N) is 2. The van der Waals surface area contributed by atoms with Gasteiger partial charge in [0.15, 0.2) is 0 Å². The van der Waals surface area contributed by atoms with Crippen molar-refractivity contribution in [3.05, 3.63) is 30.1 Å². The van der Waals surface area contributed by atoms with Crippen molar-refractivity contribution in [2.24, 2.45) is 5.92 Å². The van der Waals surface area contributed by atoms with Crippen LogP contribution in [0.2, 0.25) is 0 Å². The molecule has 0 fully saturated rings. The molecule has 0 aromatic carbocycles. The lowest BCUT2D eigenvalue weighted by atomic mass is 10.0. The van der Waals surface area contributed by atoms with Gasteiger partial charge in [-0.25, -0.2) is 0 Å². The minimum Gasteiger partial charge on any atom is -0.480 e. The minimum atomic E-state index is -0.761. The van der Waals surface area contributed by atoms with Crippen molar-refractivity contribution in [1.29, 1.82) is 0 Å². The van der Waals surface area contributed by atoms with Gasteiger partial charge in [0.05, 0.1) is 0 Å². The molecule has 0 spiro atoms. The molecule has 0 saturated carbocycles. The third kappa shape index (κ3) is 4.15. The van der Waals surface area contributed by atoms with Gasteiger partial charge in [0, 0.05) is 24.9 Å². The molecular weight excluding hydrogens is 216 g/mol. The quantitative estimate of drug-likeness (QED) is 0.816. The van der Waals surface area contributed by atoms with Crippen LogP contribution in [-0.2, 0) is 11.2 Å². The predicted octanol–water partition coefficient (Wildman–Crippen LogP) is 1.67. The highest BCUT2D eigenvalue weighted by Gasteiger charge is 2.25. The molecule has 0 aliphatic rings. The summed E-state index contributed by atoms with van der Waals surface area (Å²) in [7, 11) is 1.85. The van der Waals surface area contributed by atoms with Gasteiger partial charge in [-0.3, -0.25) is 14.7 Å². The molecule has 0 amide bonds. The van der Waals surface area contributed by atoms with Crippen LogP contribution in [0.1, 0.15) is 19.5 Å².